The standard InChI is InChI=1S/C60H94N18O19/c1-30(2)20-38(72-49(86)35(61)22-34-23-64-29-68-34)54(91)77-47(31(3)4)57(94)71-37(16-17-46(84)85)50(87)66-25-45(83)76-48(32(5)6)58(95)78-19-11-15-43(78)56(93)75-41(27-80)55(92)70-36(14-10-18-65-60(62)63)52(89)73-39(21-33-12-8-7-9-13-33)53(90)74-40(26-79)51(88)67-24-44(82)69-42(28-81)59(96)97/h7-9,12-13,23,29-32,35-43,47-48,79-81H,10-11,14-22,24-28,61H2,1-6H3,(H,64,68)(H,66,87)(H,67,88)(H,69,82)(H,70,92)(H,71,94)(H,72,86)(H,73,89)(H,74,90)(H,75,93)(H,76,83)(H,77,91)(H,84,85)(H,96,97)(H4,62,63,65)/t35-,36-,37-,38-,39-,40-,41-,42-,43-,47-,48-/m0/s1. The smallest absolute Gasteiger partial charge is 0.328 e. The molecular formula is C60H94N18O19. The predicted octanol–water partition coefficient (Wildman–Crippen LogP) is -7.34. The van der Waals surface area contributed by atoms with Gasteiger partial charge in [-0.3, -0.25) is 67.7 Å². The first-order valence-corrected chi connectivity index (χ1v) is 31.5. The van der Waals surface area contributed by atoms with Crippen LogP contribution < -0.4 is 75.3 Å². The zero-order chi connectivity index (χ0) is 72.6. The maximum absolute atomic E-state index is 14.3. The predicted molar refractivity (Wildman–Crippen MR) is 343 cm³/mol. The van der Waals surface area contributed by atoms with Crippen molar-refractivity contribution in [2.24, 2.45) is 29.2 Å². The van der Waals surface area contributed by atoms with Gasteiger partial charge in [0.05, 0.1) is 51.0 Å². The van der Waals surface area contributed by atoms with E-state index in [2.05, 4.69) is 68.5 Å². The Hall–Kier alpha value is -9.88. The first kappa shape index (κ1) is 81.4. The summed E-state index contributed by atoms with van der Waals surface area (Å²) in [6.07, 6.45) is 1.96. The fourth-order valence-corrected chi connectivity index (χ4v) is 9.85. The molecule has 1 aromatic carbocycles. The van der Waals surface area contributed by atoms with Crippen molar-refractivity contribution in [3.05, 3.63) is 54.1 Å². The van der Waals surface area contributed by atoms with E-state index in [0.717, 1.165) is 4.90 Å². The molecule has 538 valence electrons. The number of aromatic nitrogens is 2. The summed E-state index contributed by atoms with van der Waals surface area (Å²) in [7, 11) is 0. The van der Waals surface area contributed by atoms with Crippen molar-refractivity contribution in [2.45, 2.75) is 166 Å². The Morgan fingerprint density at radius 2 is 1.12 bits per heavy atom. The average molecular weight is 1370 g/mol. The summed E-state index contributed by atoms with van der Waals surface area (Å²) in [6.45, 7) is 5.25. The Morgan fingerprint density at radius 3 is 1.68 bits per heavy atom. The molecule has 1 aliphatic rings. The van der Waals surface area contributed by atoms with Gasteiger partial charge in [0, 0.05) is 38.5 Å². The molecule has 37 nitrogen and oxygen atoms in total. The van der Waals surface area contributed by atoms with Crippen molar-refractivity contribution >= 4 is 88.8 Å². The molecule has 0 saturated carbocycles. The number of hydrogen-bond acceptors (Lipinski definition) is 20. The molecule has 12 amide bonds. The lowest BCUT2D eigenvalue weighted by Gasteiger charge is -2.31. The van der Waals surface area contributed by atoms with E-state index < -0.39 is 213 Å². The van der Waals surface area contributed by atoms with Crippen LogP contribution in [0, 0.1) is 23.2 Å². The van der Waals surface area contributed by atoms with E-state index in [1.165, 1.54) is 6.33 Å². The Labute approximate surface area is 558 Å². The number of benzene rings is 1. The van der Waals surface area contributed by atoms with Gasteiger partial charge in [-0.25, -0.2) is 9.78 Å². The lowest BCUT2D eigenvalue weighted by molar-refractivity contribution is -0.143. The summed E-state index contributed by atoms with van der Waals surface area (Å²) >= 11 is 0. The summed E-state index contributed by atoms with van der Waals surface area (Å²) in [4.78, 5) is 195. The first-order valence-electron chi connectivity index (χ1n) is 31.5. The van der Waals surface area contributed by atoms with E-state index >= 15 is 0 Å². The number of guanidine groups is 1. The van der Waals surface area contributed by atoms with E-state index in [4.69, 9.17) is 22.0 Å². The first-order chi connectivity index (χ1) is 45.8. The number of carboxylic acids is 2. The third kappa shape index (κ3) is 28.2. The number of aliphatic carboxylic acids is 2. The molecule has 0 bridgehead atoms. The monoisotopic (exact) mass is 1370 g/mol. The van der Waals surface area contributed by atoms with Crippen molar-refractivity contribution in [3.63, 3.8) is 0 Å². The maximum Gasteiger partial charge on any atom is 0.328 e. The van der Waals surface area contributed by atoms with Gasteiger partial charge in [0.25, 0.3) is 0 Å². The molecule has 1 fully saturated rings. The fraction of sp³-hybridized carbons (Fsp3) is 0.600. The molecule has 11 atom stereocenters. The van der Waals surface area contributed by atoms with E-state index in [0.29, 0.717) is 11.3 Å². The summed E-state index contributed by atoms with van der Waals surface area (Å²) in [5.41, 5.74) is 12.5. The van der Waals surface area contributed by atoms with Crippen LogP contribution in [0.4, 0.5) is 0 Å². The number of hydrogen-bond donors (Lipinski definition) is 21. The minimum absolute atomic E-state index is 0.00219. The van der Waals surface area contributed by atoms with Crippen LogP contribution in [-0.2, 0) is 80.0 Å². The number of rotatable bonds is 42. The number of imidazole rings is 1. The lowest BCUT2D eigenvalue weighted by atomic mass is 9.99. The summed E-state index contributed by atoms with van der Waals surface area (Å²) in [5.74, 6) is -16.0. The van der Waals surface area contributed by atoms with Gasteiger partial charge in [-0.1, -0.05) is 71.9 Å². The lowest BCUT2D eigenvalue weighted by Crippen LogP contribution is -2.61. The van der Waals surface area contributed by atoms with Gasteiger partial charge < -0.3 is 111 Å². The van der Waals surface area contributed by atoms with Crippen LogP contribution >= 0.6 is 0 Å². The van der Waals surface area contributed by atoms with Crippen LogP contribution in [0.1, 0.15) is 97.7 Å². The third-order valence-electron chi connectivity index (χ3n) is 15.1. The highest BCUT2D eigenvalue weighted by Crippen LogP contribution is 2.21. The van der Waals surface area contributed by atoms with Gasteiger partial charge in [-0.15, -0.1) is 0 Å². The molecule has 2 aromatic rings. The number of amides is 12. The summed E-state index contributed by atoms with van der Waals surface area (Å²) in [5, 5.41) is 84.9. The van der Waals surface area contributed by atoms with Gasteiger partial charge in [0.2, 0.25) is 70.9 Å². The number of nitrogens with zero attached hydrogens (tertiary/aromatic N) is 2. The SMILES string of the molecule is CC(C)C[C@H](NC(=O)[C@@H](N)Cc1c[nH]cn1)C(=O)N[C@H](C(=O)N[C@@H](CCC(=O)O)C(=O)NCC(=O)N[C@H](C(=O)N1CCC[C@H]1C(=O)N[C@@H](CO)C(=O)N[C@@H](CCCNC(=N)N)C(=O)N[C@@H](Cc1ccccc1)C(=O)N[C@@H](CO)C(=O)NCC(=O)N[C@@H](CO)C(=O)O)C(C)C)C(C)C. The van der Waals surface area contributed by atoms with Gasteiger partial charge in [0.15, 0.2) is 5.96 Å². The highest BCUT2D eigenvalue weighted by molar-refractivity contribution is 5.99. The van der Waals surface area contributed by atoms with Crippen LogP contribution in [0.25, 0.3) is 0 Å². The van der Waals surface area contributed by atoms with Gasteiger partial charge >= 0.3 is 11.9 Å². The van der Waals surface area contributed by atoms with Crippen LogP contribution in [0.5, 0.6) is 0 Å². The Bertz CT molecular complexity index is 3030. The number of carbonyl (C=O) groups excluding carboxylic acids is 12. The summed E-state index contributed by atoms with van der Waals surface area (Å²) < 4.78 is 0. The molecule has 1 saturated heterocycles. The molecule has 3 rings (SSSR count). The Balaban J connectivity index is 1.75. The summed E-state index contributed by atoms with van der Waals surface area (Å²) in [6, 6.07) is -7.95. The van der Waals surface area contributed by atoms with Crippen molar-refractivity contribution in [1.29, 1.82) is 5.41 Å². The van der Waals surface area contributed by atoms with Crippen molar-refractivity contribution in [1.82, 2.24) is 78.7 Å². The number of likely N-dealkylation sites (tertiary alicyclic amines) is 1. The van der Waals surface area contributed by atoms with Crippen molar-refractivity contribution in [2.75, 3.05) is 46.0 Å². The molecule has 37 heteroatoms. The number of aliphatic hydroxyl groups excluding tert-OH is 3. The van der Waals surface area contributed by atoms with Crippen molar-refractivity contribution in [3.8, 4) is 0 Å². The quantitative estimate of drug-likeness (QED) is 0.0167. The second kappa shape index (κ2) is 41.2. The van der Waals surface area contributed by atoms with Crippen molar-refractivity contribution < 1.29 is 92.7 Å². The minimum Gasteiger partial charge on any atom is -0.481 e. The molecule has 0 aliphatic carbocycles. The molecule has 23 N–H and O–H groups in total. The Kier molecular flexibility index (Phi) is 34.5. The highest BCUT2D eigenvalue weighted by Gasteiger charge is 2.41. The third-order valence-corrected chi connectivity index (χ3v) is 15.1. The average Bonchev–Trinajstić information content (AvgIpc) is 1.76. The molecule has 0 spiro atoms. The number of carboxylic acid groups (broad SMARTS) is 2. The van der Waals surface area contributed by atoms with Crippen LogP contribution in [-0.4, -0.2) is 242 Å². The molecule has 97 heavy (non-hydrogen) atoms. The number of aromatic amines is 1. The van der Waals surface area contributed by atoms with Gasteiger partial charge in [-0.2, -0.15) is 0 Å². The highest BCUT2D eigenvalue weighted by atomic mass is 16.4. The number of nitrogens with one attached hydrogen (secondary N) is 14. The van der Waals surface area contributed by atoms with E-state index in [-0.39, 0.29) is 64.0 Å². The van der Waals surface area contributed by atoms with Crippen LogP contribution in [0.3, 0.4) is 0 Å². The number of nitrogens with two attached hydrogens (primary N) is 2. The number of H-pyrrole nitrogens is 1. The molecule has 2 heterocycles. The van der Waals surface area contributed by atoms with E-state index in [9.17, 15) is 87.5 Å². The van der Waals surface area contributed by atoms with Gasteiger partial charge in [0.1, 0.15) is 60.4 Å². The van der Waals surface area contributed by atoms with Gasteiger partial charge in [-0.05, 0) is 61.8 Å². The largest absolute Gasteiger partial charge is 0.481 e. The maximum atomic E-state index is 14.3. The van der Waals surface area contributed by atoms with Crippen LogP contribution in [0.15, 0.2) is 42.9 Å². The topological polar surface area (TPSA) is 592 Å². The zero-order valence-corrected chi connectivity index (χ0v) is 54.9. The second-order valence-corrected chi connectivity index (χ2v) is 24.1. The number of carbonyl (C=O) groups is 14. The van der Waals surface area contributed by atoms with Crippen LogP contribution in [0.2, 0.25) is 0 Å². The van der Waals surface area contributed by atoms with E-state index in [1.54, 1.807) is 64.2 Å². The van der Waals surface area contributed by atoms with E-state index in [1.807, 2.05) is 19.2 Å². The molecule has 1 aromatic heterocycles. The normalized spacial score (nSPS) is 15.8. The number of aliphatic hydroxyl groups is 3. The molecular weight excluding hydrogens is 1280 g/mol. The molecule has 0 radical (unpaired) electrons. The fourth-order valence-electron chi connectivity index (χ4n) is 9.85. The second-order valence-electron chi connectivity index (χ2n) is 24.1. The minimum atomic E-state index is -1.78. The molecule has 0 unspecified atom stereocenters. The molecule has 1 aliphatic heterocycles. The Morgan fingerprint density at radius 1 is 0.598 bits per heavy atom. The zero-order valence-electron chi connectivity index (χ0n) is 54.9.